The van der Waals surface area contributed by atoms with Crippen molar-refractivity contribution in [2.24, 2.45) is 0 Å². The molecule has 0 amide bonds. The Balaban J connectivity index is 2.08. The normalized spacial score (nSPS) is 10.9. The van der Waals surface area contributed by atoms with Gasteiger partial charge in [-0.3, -0.25) is 0 Å². The molecule has 0 saturated carbocycles. The molecule has 0 aliphatic heterocycles. The highest BCUT2D eigenvalue weighted by atomic mass is 35.5. The Hall–Kier alpha value is -2.49. The van der Waals surface area contributed by atoms with Crippen molar-refractivity contribution < 1.29 is 0 Å². The summed E-state index contributed by atoms with van der Waals surface area (Å²) in [6, 6.07) is 25.8. The van der Waals surface area contributed by atoms with E-state index in [-0.39, 0.29) is 0 Å². The molecule has 2 nitrogen and oxygen atoms in total. The molecule has 0 radical (unpaired) electrons. The molecular formula is C20H13ClN2S. The third-order valence-electron chi connectivity index (χ3n) is 3.92. The predicted molar refractivity (Wildman–Crippen MR) is 102 cm³/mol. The van der Waals surface area contributed by atoms with Gasteiger partial charge in [0.2, 0.25) is 0 Å². The minimum atomic E-state index is 0.703. The van der Waals surface area contributed by atoms with E-state index in [4.69, 9.17) is 28.9 Å². The van der Waals surface area contributed by atoms with Crippen LogP contribution in [0.5, 0.6) is 0 Å². The Morgan fingerprint density at radius 1 is 0.750 bits per heavy atom. The zero-order valence-corrected chi connectivity index (χ0v) is 14.3. The highest BCUT2D eigenvalue weighted by molar-refractivity contribution is 7.71. The van der Waals surface area contributed by atoms with Crippen LogP contribution in [-0.4, -0.2) is 9.78 Å². The lowest BCUT2D eigenvalue weighted by atomic mass is 10.1. The third kappa shape index (κ3) is 2.62. The zero-order chi connectivity index (χ0) is 16.5. The SMILES string of the molecule is S=c1c2ccccc2c(-c2ccc(Cl)cc2)nn1-c1ccccc1. The van der Waals surface area contributed by atoms with E-state index >= 15 is 0 Å². The van der Waals surface area contributed by atoms with E-state index in [1.54, 1.807) is 0 Å². The van der Waals surface area contributed by atoms with Crippen LogP contribution >= 0.6 is 23.8 Å². The van der Waals surface area contributed by atoms with Gasteiger partial charge in [0, 0.05) is 21.4 Å². The van der Waals surface area contributed by atoms with Gasteiger partial charge >= 0.3 is 0 Å². The third-order valence-corrected chi connectivity index (χ3v) is 4.57. The van der Waals surface area contributed by atoms with Crippen molar-refractivity contribution in [2.45, 2.75) is 0 Å². The molecule has 0 aliphatic carbocycles. The second-order valence-corrected chi connectivity index (χ2v) is 6.28. The maximum absolute atomic E-state index is 6.03. The largest absolute Gasteiger partial charge is 0.222 e. The first-order valence-electron chi connectivity index (χ1n) is 7.57. The van der Waals surface area contributed by atoms with Gasteiger partial charge in [-0.15, -0.1) is 0 Å². The molecule has 24 heavy (non-hydrogen) atoms. The first-order valence-corrected chi connectivity index (χ1v) is 8.36. The zero-order valence-electron chi connectivity index (χ0n) is 12.7. The molecule has 0 unspecified atom stereocenters. The van der Waals surface area contributed by atoms with Crippen molar-refractivity contribution in [2.75, 3.05) is 0 Å². The number of hydrogen-bond acceptors (Lipinski definition) is 2. The first-order chi connectivity index (χ1) is 11.7. The summed E-state index contributed by atoms with van der Waals surface area (Å²) in [6.07, 6.45) is 0. The van der Waals surface area contributed by atoms with Crippen LogP contribution in [0.2, 0.25) is 5.02 Å². The van der Waals surface area contributed by atoms with Crippen LogP contribution in [0.1, 0.15) is 0 Å². The second-order valence-electron chi connectivity index (χ2n) is 5.45. The molecule has 4 rings (SSSR count). The Morgan fingerprint density at radius 2 is 1.38 bits per heavy atom. The molecule has 0 fully saturated rings. The highest BCUT2D eigenvalue weighted by Crippen LogP contribution is 2.29. The summed E-state index contributed by atoms with van der Waals surface area (Å²) in [5.74, 6) is 0. The van der Waals surface area contributed by atoms with Crippen LogP contribution in [-0.2, 0) is 0 Å². The van der Waals surface area contributed by atoms with E-state index in [9.17, 15) is 0 Å². The summed E-state index contributed by atoms with van der Waals surface area (Å²) >= 11 is 11.7. The van der Waals surface area contributed by atoms with E-state index in [1.165, 1.54) is 0 Å². The average Bonchev–Trinajstić information content (AvgIpc) is 2.64. The molecule has 4 aromatic rings. The number of rotatable bonds is 2. The molecule has 116 valence electrons. The van der Waals surface area contributed by atoms with E-state index < -0.39 is 0 Å². The molecular weight excluding hydrogens is 336 g/mol. The number of fused-ring (bicyclic) bond motifs is 1. The van der Waals surface area contributed by atoms with Crippen LogP contribution in [0.25, 0.3) is 27.7 Å². The van der Waals surface area contributed by atoms with Crippen molar-refractivity contribution in [1.82, 2.24) is 9.78 Å². The predicted octanol–water partition coefficient (Wildman–Crippen LogP) is 6.08. The lowest BCUT2D eigenvalue weighted by Crippen LogP contribution is -2.05. The minimum Gasteiger partial charge on any atom is -0.222 e. The van der Waals surface area contributed by atoms with E-state index in [0.717, 1.165) is 27.7 Å². The first kappa shape index (κ1) is 15.1. The summed E-state index contributed by atoms with van der Waals surface area (Å²) in [6.45, 7) is 0. The van der Waals surface area contributed by atoms with Gasteiger partial charge in [-0.25, -0.2) is 4.68 Å². The van der Waals surface area contributed by atoms with Crippen LogP contribution < -0.4 is 0 Å². The van der Waals surface area contributed by atoms with Crippen LogP contribution in [0, 0.1) is 4.64 Å². The molecule has 0 bridgehead atoms. The number of benzene rings is 3. The average molecular weight is 349 g/mol. The van der Waals surface area contributed by atoms with Gasteiger partial charge < -0.3 is 0 Å². The monoisotopic (exact) mass is 348 g/mol. The number of hydrogen-bond donors (Lipinski definition) is 0. The fourth-order valence-electron chi connectivity index (χ4n) is 2.75. The Kier molecular flexibility index (Phi) is 3.89. The van der Waals surface area contributed by atoms with Crippen molar-refractivity contribution in [3.8, 4) is 16.9 Å². The summed E-state index contributed by atoms with van der Waals surface area (Å²) in [4.78, 5) is 0. The molecule has 0 N–H and O–H groups in total. The highest BCUT2D eigenvalue weighted by Gasteiger charge is 2.11. The van der Waals surface area contributed by atoms with Gasteiger partial charge in [-0.1, -0.05) is 78.4 Å². The molecule has 0 aliphatic rings. The minimum absolute atomic E-state index is 0.703. The maximum atomic E-state index is 6.03. The Bertz CT molecular complexity index is 1070. The van der Waals surface area contributed by atoms with Crippen LogP contribution in [0.3, 0.4) is 0 Å². The van der Waals surface area contributed by atoms with Crippen LogP contribution in [0.4, 0.5) is 0 Å². The number of nitrogens with zero attached hydrogens (tertiary/aromatic N) is 2. The number of halogens is 1. The lowest BCUT2D eigenvalue weighted by molar-refractivity contribution is 0.847. The van der Waals surface area contributed by atoms with Gasteiger partial charge in [0.15, 0.2) is 0 Å². The van der Waals surface area contributed by atoms with Gasteiger partial charge in [0.25, 0.3) is 0 Å². The van der Waals surface area contributed by atoms with Gasteiger partial charge in [0.1, 0.15) is 4.64 Å². The van der Waals surface area contributed by atoms with E-state index in [2.05, 4.69) is 6.07 Å². The summed E-state index contributed by atoms with van der Waals surface area (Å²) < 4.78 is 2.52. The smallest absolute Gasteiger partial charge is 0.136 e. The fourth-order valence-corrected chi connectivity index (χ4v) is 3.20. The van der Waals surface area contributed by atoms with Gasteiger partial charge in [-0.05, 0) is 24.3 Å². The quantitative estimate of drug-likeness (QED) is 0.409. The molecule has 0 spiro atoms. The fraction of sp³-hybridized carbons (Fsp3) is 0. The summed E-state index contributed by atoms with van der Waals surface area (Å²) in [7, 11) is 0. The standard InChI is InChI=1S/C20H13ClN2S/c21-15-12-10-14(11-13-15)19-17-8-4-5-9-18(17)20(24)23(22-19)16-6-2-1-3-7-16/h1-13H. The van der Waals surface area contributed by atoms with Gasteiger partial charge in [0.05, 0.1) is 11.4 Å². The summed E-state index contributed by atoms with van der Waals surface area (Å²) in [5.41, 5.74) is 2.85. The lowest BCUT2D eigenvalue weighted by Gasteiger charge is -2.13. The molecule has 3 aromatic carbocycles. The summed E-state index contributed by atoms with van der Waals surface area (Å²) in [5, 5.41) is 7.60. The van der Waals surface area contributed by atoms with Crippen molar-refractivity contribution in [3.63, 3.8) is 0 Å². The Morgan fingerprint density at radius 3 is 2.08 bits per heavy atom. The molecule has 0 atom stereocenters. The molecule has 0 saturated heterocycles. The van der Waals surface area contributed by atoms with Crippen LogP contribution in [0.15, 0.2) is 78.9 Å². The molecule has 1 aromatic heterocycles. The number of para-hydroxylation sites is 1. The maximum Gasteiger partial charge on any atom is 0.136 e. The Labute approximate surface area is 150 Å². The van der Waals surface area contributed by atoms with Crippen molar-refractivity contribution in [1.29, 1.82) is 0 Å². The topological polar surface area (TPSA) is 17.8 Å². The van der Waals surface area contributed by atoms with Crippen molar-refractivity contribution >= 4 is 34.6 Å². The molecule has 1 heterocycles. The van der Waals surface area contributed by atoms with Crippen molar-refractivity contribution in [3.05, 3.63) is 88.5 Å². The molecule has 4 heteroatoms. The van der Waals surface area contributed by atoms with E-state index in [1.807, 2.05) is 77.5 Å². The van der Waals surface area contributed by atoms with Gasteiger partial charge in [-0.2, -0.15) is 5.10 Å². The second kappa shape index (κ2) is 6.19. The van der Waals surface area contributed by atoms with E-state index in [0.29, 0.717) is 9.66 Å². The number of aromatic nitrogens is 2.